The Kier molecular flexibility index (Phi) is 4.68. The molecule has 0 aromatic rings. The highest BCUT2D eigenvalue weighted by atomic mass is 16.2. The molecule has 2 rings (SSSR count). The van der Waals surface area contributed by atoms with Crippen LogP contribution in [-0.4, -0.2) is 60.4 Å². The molecule has 0 bridgehead atoms. The Labute approximate surface area is 121 Å². The fraction of sp³-hybridized carbons (Fsp3) is 0.867. The van der Waals surface area contributed by atoms with Crippen molar-refractivity contribution < 1.29 is 9.59 Å². The zero-order valence-corrected chi connectivity index (χ0v) is 13.1. The molecule has 3 unspecified atom stereocenters. The Morgan fingerprint density at radius 3 is 2.65 bits per heavy atom. The number of nitrogens with zero attached hydrogens (tertiary/aromatic N) is 2. The van der Waals surface area contributed by atoms with Crippen molar-refractivity contribution in [3.8, 4) is 0 Å². The van der Waals surface area contributed by atoms with Crippen LogP contribution in [0.4, 0.5) is 0 Å². The summed E-state index contributed by atoms with van der Waals surface area (Å²) < 4.78 is 0. The highest BCUT2D eigenvalue weighted by Gasteiger charge is 2.41. The lowest BCUT2D eigenvalue weighted by Gasteiger charge is -2.42. The van der Waals surface area contributed by atoms with Gasteiger partial charge in [0.05, 0.1) is 0 Å². The summed E-state index contributed by atoms with van der Waals surface area (Å²) in [6.45, 7) is 8.65. The van der Waals surface area contributed by atoms with Crippen LogP contribution in [-0.2, 0) is 9.59 Å². The van der Waals surface area contributed by atoms with Gasteiger partial charge in [0.15, 0.2) is 0 Å². The first-order valence-corrected chi connectivity index (χ1v) is 7.69. The highest BCUT2D eigenvalue weighted by molar-refractivity contribution is 5.96. The van der Waals surface area contributed by atoms with Crippen molar-refractivity contribution >= 4 is 11.8 Å². The second-order valence-electron chi connectivity index (χ2n) is 6.68. The number of carbonyl (C=O) groups excluding carboxylic acids is 2. The molecule has 20 heavy (non-hydrogen) atoms. The number of rotatable bonds is 3. The van der Waals surface area contributed by atoms with E-state index in [1.807, 2.05) is 18.7 Å². The summed E-state index contributed by atoms with van der Waals surface area (Å²) in [6.07, 6.45) is 2.33. The summed E-state index contributed by atoms with van der Waals surface area (Å²) in [4.78, 5) is 28.8. The Morgan fingerprint density at radius 1 is 1.35 bits per heavy atom. The van der Waals surface area contributed by atoms with E-state index in [0.717, 1.165) is 19.5 Å². The van der Waals surface area contributed by atoms with Gasteiger partial charge in [-0.15, -0.1) is 0 Å². The van der Waals surface area contributed by atoms with Gasteiger partial charge in [0.2, 0.25) is 11.8 Å². The molecule has 0 aromatic heterocycles. The molecule has 2 amide bonds. The van der Waals surface area contributed by atoms with Crippen LogP contribution in [0.25, 0.3) is 0 Å². The van der Waals surface area contributed by atoms with Crippen LogP contribution in [0.3, 0.4) is 0 Å². The Balaban J connectivity index is 2.11. The van der Waals surface area contributed by atoms with Crippen LogP contribution in [0.15, 0.2) is 0 Å². The minimum Gasteiger partial charge on any atom is -0.343 e. The van der Waals surface area contributed by atoms with E-state index in [0.29, 0.717) is 12.5 Å². The number of nitrogens with one attached hydrogen (secondary N) is 1. The smallest absolute Gasteiger partial charge is 0.245 e. The summed E-state index contributed by atoms with van der Waals surface area (Å²) in [5.74, 6) is 0.692. The summed E-state index contributed by atoms with van der Waals surface area (Å²) in [7, 11) is 2.12. The predicted octanol–water partition coefficient (Wildman–Crippen LogP) is 0.700. The molecule has 3 atom stereocenters. The molecule has 0 saturated carbocycles. The van der Waals surface area contributed by atoms with Gasteiger partial charge in [0, 0.05) is 13.1 Å². The van der Waals surface area contributed by atoms with Gasteiger partial charge >= 0.3 is 0 Å². The lowest BCUT2D eigenvalue weighted by atomic mass is 9.92. The first kappa shape index (κ1) is 15.3. The van der Waals surface area contributed by atoms with Gasteiger partial charge in [0.1, 0.15) is 12.1 Å². The fourth-order valence-electron chi connectivity index (χ4n) is 3.45. The van der Waals surface area contributed by atoms with Crippen molar-refractivity contribution in [3.05, 3.63) is 0 Å². The lowest BCUT2D eigenvalue weighted by molar-refractivity contribution is -0.151. The molecular formula is C15H27N3O2. The van der Waals surface area contributed by atoms with Crippen molar-refractivity contribution in [3.63, 3.8) is 0 Å². The van der Waals surface area contributed by atoms with Gasteiger partial charge in [-0.1, -0.05) is 13.8 Å². The quantitative estimate of drug-likeness (QED) is 0.828. The van der Waals surface area contributed by atoms with E-state index in [2.05, 4.69) is 17.3 Å². The number of piperazine rings is 1. The molecule has 5 nitrogen and oxygen atoms in total. The molecule has 5 heteroatoms. The van der Waals surface area contributed by atoms with Gasteiger partial charge < -0.3 is 15.1 Å². The average Bonchev–Trinajstić information content (AvgIpc) is 2.35. The molecule has 0 spiro atoms. The monoisotopic (exact) mass is 281 g/mol. The molecule has 1 N–H and O–H groups in total. The van der Waals surface area contributed by atoms with Crippen LogP contribution in [0, 0.1) is 11.8 Å². The minimum absolute atomic E-state index is 0.00346. The van der Waals surface area contributed by atoms with Crippen LogP contribution in [0.5, 0.6) is 0 Å². The zero-order chi connectivity index (χ0) is 14.9. The zero-order valence-electron chi connectivity index (χ0n) is 13.1. The fourth-order valence-corrected chi connectivity index (χ4v) is 3.45. The topological polar surface area (TPSA) is 52.7 Å². The summed E-state index contributed by atoms with van der Waals surface area (Å²) >= 11 is 0. The van der Waals surface area contributed by atoms with Gasteiger partial charge in [0.25, 0.3) is 0 Å². The molecule has 2 aliphatic rings. The third-order valence-electron chi connectivity index (χ3n) is 4.43. The van der Waals surface area contributed by atoms with Crippen molar-refractivity contribution in [2.45, 2.75) is 45.7 Å². The maximum absolute atomic E-state index is 12.4. The third kappa shape index (κ3) is 3.14. The molecule has 0 aliphatic carbocycles. The van der Waals surface area contributed by atoms with E-state index < -0.39 is 0 Å². The van der Waals surface area contributed by atoms with Crippen LogP contribution in [0.2, 0.25) is 0 Å². The van der Waals surface area contributed by atoms with Gasteiger partial charge in [-0.3, -0.25) is 9.59 Å². The molecular weight excluding hydrogens is 254 g/mol. The maximum Gasteiger partial charge on any atom is 0.245 e. The average molecular weight is 281 g/mol. The van der Waals surface area contributed by atoms with Crippen LogP contribution < -0.4 is 5.32 Å². The maximum atomic E-state index is 12.4. The first-order chi connectivity index (χ1) is 9.40. The summed E-state index contributed by atoms with van der Waals surface area (Å²) in [5.41, 5.74) is 0. The Bertz CT molecular complexity index is 383. The van der Waals surface area contributed by atoms with E-state index in [9.17, 15) is 9.59 Å². The number of hydrogen-bond acceptors (Lipinski definition) is 3. The molecule has 0 radical (unpaired) electrons. The van der Waals surface area contributed by atoms with E-state index in [1.54, 1.807) is 6.92 Å². The third-order valence-corrected chi connectivity index (χ3v) is 4.43. The van der Waals surface area contributed by atoms with E-state index in [-0.39, 0.29) is 29.8 Å². The normalized spacial score (nSPS) is 32.6. The molecule has 2 saturated heterocycles. The number of carbonyl (C=O) groups is 2. The molecule has 0 aromatic carbocycles. The number of hydrogen-bond donors (Lipinski definition) is 1. The lowest BCUT2D eigenvalue weighted by Crippen LogP contribution is -2.65. The van der Waals surface area contributed by atoms with E-state index in [4.69, 9.17) is 0 Å². The van der Waals surface area contributed by atoms with Gasteiger partial charge in [-0.25, -0.2) is 0 Å². The number of piperidine rings is 1. The number of likely N-dealkylation sites (tertiary alicyclic amines) is 1. The molecule has 2 aliphatic heterocycles. The van der Waals surface area contributed by atoms with Crippen molar-refractivity contribution in [2.75, 3.05) is 26.7 Å². The second-order valence-corrected chi connectivity index (χ2v) is 6.68. The van der Waals surface area contributed by atoms with Crippen LogP contribution in [0.1, 0.15) is 33.6 Å². The predicted molar refractivity (Wildman–Crippen MR) is 78.2 cm³/mol. The first-order valence-electron chi connectivity index (χ1n) is 7.69. The Morgan fingerprint density at radius 2 is 2.05 bits per heavy atom. The van der Waals surface area contributed by atoms with Gasteiger partial charge in [-0.05, 0) is 45.2 Å². The number of amides is 2. The van der Waals surface area contributed by atoms with Crippen molar-refractivity contribution in [1.29, 1.82) is 0 Å². The van der Waals surface area contributed by atoms with Crippen molar-refractivity contribution in [1.82, 2.24) is 15.1 Å². The molecule has 114 valence electrons. The largest absolute Gasteiger partial charge is 0.343 e. The van der Waals surface area contributed by atoms with E-state index >= 15 is 0 Å². The standard InChI is InChI=1S/C15H27N3O2/c1-10(2)13-14(19)16-11(3)15(20)18(13)9-12-6-5-7-17(4)8-12/h10-13H,5-9H2,1-4H3,(H,16,19). The molecule has 2 heterocycles. The second kappa shape index (κ2) is 6.12. The summed E-state index contributed by atoms with van der Waals surface area (Å²) in [5, 5.41) is 2.80. The highest BCUT2D eigenvalue weighted by Crippen LogP contribution is 2.23. The van der Waals surface area contributed by atoms with Crippen LogP contribution >= 0.6 is 0 Å². The SMILES string of the molecule is CC1NC(=O)C(C(C)C)N(CC2CCCN(C)C2)C1=O. The van der Waals surface area contributed by atoms with E-state index in [1.165, 1.54) is 6.42 Å². The molecule has 2 fully saturated rings. The Hall–Kier alpha value is -1.10. The summed E-state index contributed by atoms with van der Waals surface area (Å²) in [6, 6.07) is -0.704. The van der Waals surface area contributed by atoms with Gasteiger partial charge in [-0.2, -0.15) is 0 Å². The minimum atomic E-state index is -0.390. The van der Waals surface area contributed by atoms with Crippen molar-refractivity contribution in [2.24, 2.45) is 11.8 Å².